The van der Waals surface area contributed by atoms with Crippen molar-refractivity contribution in [1.29, 1.82) is 0 Å². The van der Waals surface area contributed by atoms with E-state index in [1.807, 2.05) is 0 Å². The molecule has 0 aromatic rings. The minimum absolute atomic E-state index is 0.302. The van der Waals surface area contributed by atoms with Gasteiger partial charge in [-0.25, -0.2) is 4.79 Å². The van der Waals surface area contributed by atoms with Gasteiger partial charge in [0, 0.05) is 12.8 Å². The van der Waals surface area contributed by atoms with Crippen molar-refractivity contribution in [2.24, 2.45) is 0 Å². The van der Waals surface area contributed by atoms with Crippen LogP contribution in [0, 0.1) is 0 Å². The molecule has 4 nitrogen and oxygen atoms in total. The van der Waals surface area contributed by atoms with Gasteiger partial charge in [-0.1, -0.05) is 12.2 Å². The quantitative estimate of drug-likeness (QED) is 0.662. The summed E-state index contributed by atoms with van der Waals surface area (Å²) in [6, 6.07) is 0. The lowest BCUT2D eigenvalue weighted by Crippen LogP contribution is -2.38. The zero-order chi connectivity index (χ0) is 9.90. The van der Waals surface area contributed by atoms with Crippen LogP contribution >= 0.6 is 0 Å². The van der Waals surface area contributed by atoms with Gasteiger partial charge in [-0.15, -0.1) is 13.2 Å². The molecular formula is C9H11NO3. The molecule has 0 radical (unpaired) electrons. The first-order valence-corrected chi connectivity index (χ1v) is 3.91. The van der Waals surface area contributed by atoms with Crippen LogP contribution < -0.4 is 5.32 Å². The standard InChI is InChI=1S/C9H11NO3/c1-3-5-9(6-4-2)7(11)10-8(12)13-9/h3-4H,1-2,5-6H2,(H,10,11,12). The molecule has 0 atom stereocenters. The fraction of sp³-hybridized carbons (Fsp3) is 0.333. The van der Waals surface area contributed by atoms with Crippen molar-refractivity contribution < 1.29 is 14.3 Å². The number of carbonyl (C=O) groups is 2. The average molecular weight is 181 g/mol. The number of carbonyl (C=O) groups excluding carboxylic acids is 2. The van der Waals surface area contributed by atoms with Gasteiger partial charge < -0.3 is 4.74 Å². The van der Waals surface area contributed by atoms with Crippen molar-refractivity contribution >= 4 is 12.0 Å². The number of hydrogen-bond acceptors (Lipinski definition) is 3. The molecule has 1 aliphatic heterocycles. The maximum Gasteiger partial charge on any atom is 0.415 e. The van der Waals surface area contributed by atoms with E-state index in [-0.39, 0.29) is 0 Å². The Morgan fingerprint density at radius 2 is 1.85 bits per heavy atom. The topological polar surface area (TPSA) is 55.4 Å². The minimum atomic E-state index is -1.11. The third-order valence-corrected chi connectivity index (χ3v) is 1.87. The molecule has 0 saturated carbocycles. The van der Waals surface area contributed by atoms with Crippen LogP contribution in [0.5, 0.6) is 0 Å². The third kappa shape index (κ3) is 1.61. The van der Waals surface area contributed by atoms with Gasteiger partial charge >= 0.3 is 6.09 Å². The first kappa shape index (κ1) is 9.51. The molecular weight excluding hydrogens is 170 g/mol. The summed E-state index contributed by atoms with van der Waals surface area (Å²) in [6.45, 7) is 7.01. The van der Waals surface area contributed by atoms with Crippen molar-refractivity contribution in [3.8, 4) is 0 Å². The van der Waals surface area contributed by atoms with E-state index in [0.717, 1.165) is 0 Å². The molecule has 4 heteroatoms. The fourth-order valence-corrected chi connectivity index (χ4v) is 1.27. The minimum Gasteiger partial charge on any atom is -0.432 e. The molecule has 0 aromatic heterocycles. The first-order chi connectivity index (χ1) is 6.14. The average Bonchev–Trinajstić information content (AvgIpc) is 2.28. The highest BCUT2D eigenvalue weighted by Gasteiger charge is 2.46. The van der Waals surface area contributed by atoms with Crippen LogP contribution in [0.15, 0.2) is 25.3 Å². The van der Waals surface area contributed by atoms with E-state index in [9.17, 15) is 9.59 Å². The number of nitrogens with one attached hydrogen (secondary N) is 1. The van der Waals surface area contributed by atoms with Gasteiger partial charge in [0.25, 0.3) is 5.91 Å². The number of hydrogen-bond donors (Lipinski definition) is 1. The van der Waals surface area contributed by atoms with Crippen LogP contribution in [0.4, 0.5) is 4.79 Å². The lowest BCUT2D eigenvalue weighted by Gasteiger charge is -2.20. The highest BCUT2D eigenvalue weighted by molar-refractivity contribution is 6.03. The summed E-state index contributed by atoms with van der Waals surface area (Å²) in [6.07, 6.45) is 2.99. The van der Waals surface area contributed by atoms with Gasteiger partial charge in [0.05, 0.1) is 0 Å². The molecule has 0 spiro atoms. The van der Waals surface area contributed by atoms with Gasteiger partial charge in [0.1, 0.15) is 0 Å². The summed E-state index contributed by atoms with van der Waals surface area (Å²) < 4.78 is 4.90. The van der Waals surface area contributed by atoms with E-state index < -0.39 is 17.6 Å². The molecule has 70 valence electrons. The second-order valence-corrected chi connectivity index (χ2v) is 2.82. The Balaban J connectivity index is 2.88. The largest absolute Gasteiger partial charge is 0.432 e. The highest BCUT2D eigenvalue weighted by Crippen LogP contribution is 2.26. The van der Waals surface area contributed by atoms with Crippen LogP contribution in [-0.2, 0) is 9.53 Å². The van der Waals surface area contributed by atoms with Gasteiger partial charge in [-0.2, -0.15) is 0 Å². The molecule has 0 unspecified atom stereocenters. The maximum atomic E-state index is 11.3. The monoisotopic (exact) mass is 181 g/mol. The number of imide groups is 1. The van der Waals surface area contributed by atoms with Crippen molar-refractivity contribution in [2.45, 2.75) is 18.4 Å². The normalized spacial score (nSPS) is 19.1. The number of cyclic esters (lactones) is 1. The van der Waals surface area contributed by atoms with Crippen LogP contribution in [0.25, 0.3) is 0 Å². The van der Waals surface area contributed by atoms with Gasteiger partial charge in [-0.3, -0.25) is 10.1 Å². The summed E-state index contributed by atoms with van der Waals surface area (Å²) in [5, 5.41) is 2.08. The second-order valence-electron chi connectivity index (χ2n) is 2.82. The van der Waals surface area contributed by atoms with Gasteiger partial charge in [-0.05, 0) is 0 Å². The van der Waals surface area contributed by atoms with Crippen molar-refractivity contribution in [3.63, 3.8) is 0 Å². The van der Waals surface area contributed by atoms with Gasteiger partial charge in [0.15, 0.2) is 5.60 Å². The van der Waals surface area contributed by atoms with E-state index in [0.29, 0.717) is 12.8 Å². The number of ether oxygens (including phenoxy) is 1. The smallest absolute Gasteiger partial charge is 0.415 e. The van der Waals surface area contributed by atoms with Crippen LogP contribution in [-0.4, -0.2) is 17.6 Å². The number of amides is 2. The summed E-state index contributed by atoms with van der Waals surface area (Å²) in [5.74, 6) is -0.419. The predicted molar refractivity (Wildman–Crippen MR) is 47.0 cm³/mol. The number of alkyl carbamates (subject to hydrolysis) is 1. The van der Waals surface area contributed by atoms with Crippen molar-refractivity contribution in [1.82, 2.24) is 5.32 Å². The summed E-state index contributed by atoms with van der Waals surface area (Å²) >= 11 is 0. The van der Waals surface area contributed by atoms with Crippen LogP contribution in [0.3, 0.4) is 0 Å². The molecule has 13 heavy (non-hydrogen) atoms. The summed E-state index contributed by atoms with van der Waals surface area (Å²) in [7, 11) is 0. The molecule has 0 bridgehead atoms. The molecule has 0 aromatic carbocycles. The number of rotatable bonds is 4. The van der Waals surface area contributed by atoms with E-state index in [1.165, 1.54) is 0 Å². The predicted octanol–water partition coefficient (Wildman–Crippen LogP) is 1.14. The van der Waals surface area contributed by atoms with Crippen LogP contribution in [0.2, 0.25) is 0 Å². The molecule has 1 saturated heterocycles. The Morgan fingerprint density at radius 1 is 1.31 bits per heavy atom. The van der Waals surface area contributed by atoms with Crippen molar-refractivity contribution in [2.75, 3.05) is 0 Å². The Kier molecular flexibility index (Phi) is 2.51. The first-order valence-electron chi connectivity index (χ1n) is 3.91. The Hall–Kier alpha value is -1.58. The van der Waals surface area contributed by atoms with Crippen molar-refractivity contribution in [3.05, 3.63) is 25.3 Å². The fourth-order valence-electron chi connectivity index (χ4n) is 1.27. The Bertz CT molecular complexity index is 260. The molecule has 1 aliphatic rings. The molecule has 1 fully saturated rings. The summed E-state index contributed by atoms with van der Waals surface area (Å²) in [5.41, 5.74) is -1.11. The molecule has 2 amide bonds. The maximum absolute atomic E-state index is 11.3. The molecule has 1 N–H and O–H groups in total. The van der Waals surface area contributed by atoms with E-state index in [2.05, 4.69) is 18.5 Å². The zero-order valence-electron chi connectivity index (χ0n) is 7.21. The lowest BCUT2D eigenvalue weighted by molar-refractivity contribution is -0.130. The lowest BCUT2D eigenvalue weighted by atomic mass is 9.95. The third-order valence-electron chi connectivity index (χ3n) is 1.87. The van der Waals surface area contributed by atoms with E-state index in [1.54, 1.807) is 12.2 Å². The SMILES string of the molecule is C=CCC1(CC=C)OC(=O)NC1=O. The zero-order valence-corrected chi connectivity index (χ0v) is 7.21. The second kappa shape index (κ2) is 3.43. The summed E-state index contributed by atoms with van der Waals surface area (Å²) in [4.78, 5) is 22.1. The molecule has 1 rings (SSSR count). The van der Waals surface area contributed by atoms with Gasteiger partial charge in [0.2, 0.25) is 0 Å². The molecule has 1 heterocycles. The Labute approximate surface area is 76.3 Å². The highest BCUT2D eigenvalue weighted by atomic mass is 16.6. The Morgan fingerprint density at radius 3 is 2.15 bits per heavy atom. The van der Waals surface area contributed by atoms with E-state index in [4.69, 9.17) is 4.74 Å². The molecule has 0 aliphatic carbocycles. The van der Waals surface area contributed by atoms with E-state index >= 15 is 0 Å². The van der Waals surface area contributed by atoms with Crippen LogP contribution in [0.1, 0.15) is 12.8 Å².